The first kappa shape index (κ1) is 11.7. The predicted molar refractivity (Wildman–Crippen MR) is 69.6 cm³/mol. The van der Waals surface area contributed by atoms with Crippen molar-refractivity contribution in [2.45, 2.75) is 51.0 Å². The van der Waals surface area contributed by atoms with Gasteiger partial charge < -0.3 is 5.32 Å². The molecular formula is C15H23N. The van der Waals surface area contributed by atoms with Crippen LogP contribution in [0, 0.1) is 0 Å². The molecule has 0 heterocycles. The van der Waals surface area contributed by atoms with E-state index < -0.39 is 0 Å². The van der Waals surface area contributed by atoms with Gasteiger partial charge in [0, 0.05) is 6.04 Å². The van der Waals surface area contributed by atoms with E-state index in [-0.39, 0.29) is 0 Å². The minimum Gasteiger partial charge on any atom is -0.314 e. The lowest BCUT2D eigenvalue weighted by atomic mass is 9.95. The van der Waals surface area contributed by atoms with Gasteiger partial charge in [0.05, 0.1) is 0 Å². The van der Waals surface area contributed by atoms with Crippen molar-refractivity contribution >= 4 is 0 Å². The van der Waals surface area contributed by atoms with Crippen LogP contribution in [-0.4, -0.2) is 12.6 Å². The minimum atomic E-state index is 0.810. The average molecular weight is 217 g/mol. The smallest absolute Gasteiger partial charge is 0.00670 e. The highest BCUT2D eigenvalue weighted by molar-refractivity contribution is 5.14. The van der Waals surface area contributed by atoms with E-state index >= 15 is 0 Å². The van der Waals surface area contributed by atoms with E-state index in [2.05, 4.69) is 35.6 Å². The Bertz CT molecular complexity index is 275. The average Bonchev–Trinajstić information content (AvgIpc) is 2.37. The molecule has 0 spiro atoms. The van der Waals surface area contributed by atoms with Gasteiger partial charge in [-0.3, -0.25) is 0 Å². The Hall–Kier alpha value is -0.820. The molecule has 1 heteroatoms. The van der Waals surface area contributed by atoms with Crippen molar-refractivity contribution in [1.82, 2.24) is 5.32 Å². The van der Waals surface area contributed by atoms with Gasteiger partial charge in [-0.1, -0.05) is 49.6 Å². The molecule has 2 rings (SSSR count). The summed E-state index contributed by atoms with van der Waals surface area (Å²) in [6.45, 7) is 1.18. The minimum absolute atomic E-state index is 0.810. The van der Waals surface area contributed by atoms with Crippen LogP contribution in [0.15, 0.2) is 30.3 Å². The molecule has 1 nitrogen and oxygen atoms in total. The Kier molecular flexibility index (Phi) is 4.88. The fraction of sp³-hybridized carbons (Fsp3) is 0.600. The maximum absolute atomic E-state index is 3.69. The zero-order chi connectivity index (χ0) is 11.1. The van der Waals surface area contributed by atoms with Crippen LogP contribution in [0.1, 0.15) is 44.1 Å². The van der Waals surface area contributed by atoms with Crippen molar-refractivity contribution in [2.24, 2.45) is 0 Å². The normalized spacial score (nSPS) is 17.5. The van der Waals surface area contributed by atoms with Crippen molar-refractivity contribution in [3.63, 3.8) is 0 Å². The summed E-state index contributed by atoms with van der Waals surface area (Å²) in [5, 5.41) is 3.69. The largest absolute Gasteiger partial charge is 0.314 e. The van der Waals surface area contributed by atoms with Gasteiger partial charge in [-0.15, -0.1) is 0 Å². The van der Waals surface area contributed by atoms with Crippen LogP contribution in [0.4, 0.5) is 0 Å². The molecule has 0 saturated heterocycles. The molecule has 0 atom stereocenters. The topological polar surface area (TPSA) is 12.0 Å². The standard InChI is InChI=1S/C15H23N/c1-3-8-14(9-4-1)10-7-13-16-15-11-5-2-6-12-15/h1,3-4,8-9,15-16H,2,5-7,10-13H2. The molecular weight excluding hydrogens is 194 g/mol. The molecule has 0 radical (unpaired) electrons. The van der Waals surface area contributed by atoms with Gasteiger partial charge in [0.25, 0.3) is 0 Å². The number of aryl methyl sites for hydroxylation is 1. The summed E-state index contributed by atoms with van der Waals surface area (Å²) in [4.78, 5) is 0. The van der Waals surface area contributed by atoms with Crippen molar-refractivity contribution in [3.05, 3.63) is 35.9 Å². The van der Waals surface area contributed by atoms with Crippen LogP contribution in [0.2, 0.25) is 0 Å². The zero-order valence-corrected chi connectivity index (χ0v) is 10.1. The van der Waals surface area contributed by atoms with E-state index in [0.717, 1.165) is 6.04 Å². The summed E-state index contributed by atoms with van der Waals surface area (Å²) in [5.74, 6) is 0. The van der Waals surface area contributed by atoms with E-state index in [1.165, 1.54) is 57.1 Å². The first-order valence-electron chi connectivity index (χ1n) is 6.72. The summed E-state index contributed by atoms with van der Waals surface area (Å²) in [5.41, 5.74) is 1.47. The molecule has 0 bridgehead atoms. The molecule has 0 aliphatic heterocycles. The monoisotopic (exact) mass is 217 g/mol. The third-order valence-electron chi connectivity index (χ3n) is 3.52. The number of rotatable bonds is 5. The van der Waals surface area contributed by atoms with Crippen LogP contribution in [0.3, 0.4) is 0 Å². The molecule has 0 aromatic heterocycles. The Morgan fingerprint density at radius 1 is 1.00 bits per heavy atom. The Balaban J connectivity index is 1.58. The second kappa shape index (κ2) is 6.70. The van der Waals surface area contributed by atoms with Crippen LogP contribution < -0.4 is 5.32 Å². The SMILES string of the molecule is c1ccc(CCCNC2CCCCC2)cc1. The highest BCUT2D eigenvalue weighted by Crippen LogP contribution is 2.17. The van der Waals surface area contributed by atoms with Gasteiger partial charge in [-0.25, -0.2) is 0 Å². The number of benzene rings is 1. The molecule has 1 fully saturated rings. The Morgan fingerprint density at radius 2 is 1.75 bits per heavy atom. The second-order valence-corrected chi connectivity index (χ2v) is 4.88. The molecule has 0 amide bonds. The first-order valence-corrected chi connectivity index (χ1v) is 6.72. The summed E-state index contributed by atoms with van der Waals surface area (Å²) >= 11 is 0. The summed E-state index contributed by atoms with van der Waals surface area (Å²) in [6.07, 6.45) is 9.56. The molecule has 1 N–H and O–H groups in total. The number of hydrogen-bond acceptors (Lipinski definition) is 1. The van der Waals surface area contributed by atoms with Crippen LogP contribution >= 0.6 is 0 Å². The van der Waals surface area contributed by atoms with E-state index in [9.17, 15) is 0 Å². The van der Waals surface area contributed by atoms with E-state index in [0.29, 0.717) is 0 Å². The van der Waals surface area contributed by atoms with Crippen LogP contribution in [0.5, 0.6) is 0 Å². The van der Waals surface area contributed by atoms with Crippen molar-refractivity contribution in [1.29, 1.82) is 0 Å². The summed E-state index contributed by atoms with van der Waals surface area (Å²) in [7, 11) is 0. The summed E-state index contributed by atoms with van der Waals surface area (Å²) < 4.78 is 0. The number of nitrogens with one attached hydrogen (secondary N) is 1. The van der Waals surface area contributed by atoms with Gasteiger partial charge in [0.2, 0.25) is 0 Å². The van der Waals surface area contributed by atoms with Gasteiger partial charge in [0.15, 0.2) is 0 Å². The van der Waals surface area contributed by atoms with Crippen molar-refractivity contribution in [3.8, 4) is 0 Å². The van der Waals surface area contributed by atoms with E-state index in [1.807, 2.05) is 0 Å². The molecule has 1 aromatic carbocycles. The van der Waals surface area contributed by atoms with Crippen molar-refractivity contribution in [2.75, 3.05) is 6.54 Å². The molecule has 1 aliphatic carbocycles. The molecule has 1 aliphatic rings. The predicted octanol–water partition coefficient (Wildman–Crippen LogP) is 3.54. The lowest BCUT2D eigenvalue weighted by Crippen LogP contribution is -2.31. The zero-order valence-electron chi connectivity index (χ0n) is 10.1. The highest BCUT2D eigenvalue weighted by atomic mass is 14.9. The Morgan fingerprint density at radius 3 is 2.50 bits per heavy atom. The van der Waals surface area contributed by atoms with E-state index in [1.54, 1.807) is 0 Å². The van der Waals surface area contributed by atoms with Gasteiger partial charge >= 0.3 is 0 Å². The van der Waals surface area contributed by atoms with Crippen LogP contribution in [0.25, 0.3) is 0 Å². The molecule has 0 unspecified atom stereocenters. The van der Waals surface area contributed by atoms with Gasteiger partial charge in [-0.2, -0.15) is 0 Å². The fourth-order valence-electron chi connectivity index (χ4n) is 2.55. The van der Waals surface area contributed by atoms with Gasteiger partial charge in [-0.05, 0) is 37.8 Å². The maximum Gasteiger partial charge on any atom is 0.00670 e. The van der Waals surface area contributed by atoms with Crippen molar-refractivity contribution < 1.29 is 0 Å². The highest BCUT2D eigenvalue weighted by Gasteiger charge is 2.11. The third-order valence-corrected chi connectivity index (χ3v) is 3.52. The number of hydrogen-bond donors (Lipinski definition) is 1. The molecule has 88 valence electrons. The molecule has 16 heavy (non-hydrogen) atoms. The maximum atomic E-state index is 3.69. The lowest BCUT2D eigenvalue weighted by molar-refractivity contribution is 0.372. The summed E-state index contributed by atoms with van der Waals surface area (Å²) in [6, 6.07) is 11.6. The van der Waals surface area contributed by atoms with Crippen LogP contribution in [-0.2, 0) is 6.42 Å². The quantitative estimate of drug-likeness (QED) is 0.744. The Labute approximate surface area is 99.3 Å². The van der Waals surface area contributed by atoms with E-state index in [4.69, 9.17) is 0 Å². The molecule has 1 aromatic rings. The van der Waals surface area contributed by atoms with Gasteiger partial charge in [0.1, 0.15) is 0 Å². The lowest BCUT2D eigenvalue weighted by Gasteiger charge is -2.22. The second-order valence-electron chi connectivity index (χ2n) is 4.88. The first-order chi connectivity index (χ1) is 7.95. The third kappa shape index (κ3) is 3.97. The molecule has 1 saturated carbocycles. The fourth-order valence-corrected chi connectivity index (χ4v) is 2.55.